The van der Waals surface area contributed by atoms with Crippen molar-refractivity contribution in [3.8, 4) is 11.3 Å². The SMILES string of the molecule is CC(=O)NCc1c(-c2ccc(I)cc2)nc2ccc(Cl)nn12. The van der Waals surface area contributed by atoms with Gasteiger partial charge in [-0.05, 0) is 46.9 Å². The van der Waals surface area contributed by atoms with E-state index in [9.17, 15) is 4.79 Å². The van der Waals surface area contributed by atoms with E-state index in [4.69, 9.17) is 11.6 Å². The standard InChI is InChI=1S/C15H12ClIN4O/c1-9(22)18-8-12-15(10-2-4-11(17)5-3-10)19-14-7-6-13(16)20-21(12)14/h2-7H,8H2,1H3,(H,18,22). The Labute approximate surface area is 145 Å². The minimum absolute atomic E-state index is 0.106. The number of fused-ring (bicyclic) bond motifs is 1. The second kappa shape index (κ2) is 6.21. The molecule has 0 radical (unpaired) electrons. The number of hydrogen-bond donors (Lipinski definition) is 1. The van der Waals surface area contributed by atoms with Crippen LogP contribution in [-0.4, -0.2) is 20.5 Å². The van der Waals surface area contributed by atoms with Crippen LogP contribution in [0.1, 0.15) is 12.6 Å². The van der Waals surface area contributed by atoms with Crippen molar-refractivity contribution in [2.75, 3.05) is 0 Å². The smallest absolute Gasteiger partial charge is 0.217 e. The van der Waals surface area contributed by atoms with Crippen molar-refractivity contribution in [2.24, 2.45) is 0 Å². The van der Waals surface area contributed by atoms with Crippen LogP contribution in [0.2, 0.25) is 5.15 Å². The van der Waals surface area contributed by atoms with E-state index in [0.717, 1.165) is 20.5 Å². The normalized spacial score (nSPS) is 10.9. The number of nitrogens with one attached hydrogen (secondary N) is 1. The molecular formula is C15H12ClIN4O. The third-order valence-electron chi connectivity index (χ3n) is 3.16. The molecule has 22 heavy (non-hydrogen) atoms. The molecule has 1 N–H and O–H groups in total. The second-order valence-electron chi connectivity index (χ2n) is 4.75. The first-order valence-corrected chi connectivity index (χ1v) is 8.05. The molecule has 1 amide bonds. The predicted molar refractivity (Wildman–Crippen MR) is 93.7 cm³/mol. The van der Waals surface area contributed by atoms with Gasteiger partial charge in [0.2, 0.25) is 5.91 Å². The Balaban J connectivity index is 2.16. The Bertz CT molecular complexity index is 845. The van der Waals surface area contributed by atoms with Gasteiger partial charge in [-0.15, -0.1) is 0 Å². The zero-order valence-corrected chi connectivity index (χ0v) is 14.6. The van der Waals surface area contributed by atoms with Crippen molar-refractivity contribution < 1.29 is 4.79 Å². The monoisotopic (exact) mass is 426 g/mol. The average molecular weight is 427 g/mol. The van der Waals surface area contributed by atoms with Crippen molar-refractivity contribution in [1.29, 1.82) is 0 Å². The van der Waals surface area contributed by atoms with Crippen LogP contribution in [-0.2, 0) is 11.3 Å². The van der Waals surface area contributed by atoms with Gasteiger partial charge in [0.25, 0.3) is 0 Å². The lowest BCUT2D eigenvalue weighted by atomic mass is 10.1. The van der Waals surface area contributed by atoms with Crippen LogP contribution < -0.4 is 5.32 Å². The van der Waals surface area contributed by atoms with Crippen molar-refractivity contribution in [3.05, 3.63) is 50.8 Å². The molecule has 0 atom stereocenters. The largest absolute Gasteiger partial charge is 0.351 e. The van der Waals surface area contributed by atoms with Gasteiger partial charge in [0.15, 0.2) is 5.65 Å². The minimum Gasteiger partial charge on any atom is -0.351 e. The number of benzene rings is 1. The molecule has 0 fully saturated rings. The van der Waals surface area contributed by atoms with Gasteiger partial charge in [0.05, 0.1) is 17.9 Å². The summed E-state index contributed by atoms with van der Waals surface area (Å²) in [4.78, 5) is 15.9. The maximum absolute atomic E-state index is 11.2. The number of carbonyl (C=O) groups excluding carboxylic acids is 1. The van der Waals surface area contributed by atoms with E-state index < -0.39 is 0 Å². The Morgan fingerprint density at radius 2 is 2.00 bits per heavy atom. The van der Waals surface area contributed by atoms with E-state index in [0.29, 0.717) is 17.3 Å². The van der Waals surface area contributed by atoms with Gasteiger partial charge in [-0.3, -0.25) is 4.79 Å². The Morgan fingerprint density at radius 3 is 2.68 bits per heavy atom. The fraction of sp³-hybridized carbons (Fsp3) is 0.133. The molecule has 0 aliphatic rings. The fourth-order valence-electron chi connectivity index (χ4n) is 2.16. The molecule has 2 heterocycles. The molecule has 3 aromatic rings. The van der Waals surface area contributed by atoms with Crippen LogP contribution in [0, 0.1) is 3.57 Å². The zero-order chi connectivity index (χ0) is 15.7. The highest BCUT2D eigenvalue weighted by atomic mass is 127. The third kappa shape index (κ3) is 3.07. The minimum atomic E-state index is -0.106. The van der Waals surface area contributed by atoms with Crippen molar-refractivity contribution in [1.82, 2.24) is 19.9 Å². The first kappa shape index (κ1) is 15.2. The highest BCUT2D eigenvalue weighted by molar-refractivity contribution is 14.1. The lowest BCUT2D eigenvalue weighted by molar-refractivity contribution is -0.119. The van der Waals surface area contributed by atoms with Crippen molar-refractivity contribution in [3.63, 3.8) is 0 Å². The number of nitrogens with zero attached hydrogens (tertiary/aromatic N) is 3. The molecule has 0 unspecified atom stereocenters. The Kier molecular flexibility index (Phi) is 4.30. The molecule has 112 valence electrons. The number of rotatable bonds is 3. The maximum Gasteiger partial charge on any atom is 0.217 e. The summed E-state index contributed by atoms with van der Waals surface area (Å²) in [6.07, 6.45) is 0. The van der Waals surface area contributed by atoms with E-state index in [1.165, 1.54) is 6.92 Å². The summed E-state index contributed by atoms with van der Waals surface area (Å²) in [6.45, 7) is 1.82. The van der Waals surface area contributed by atoms with Crippen LogP contribution in [0.25, 0.3) is 16.9 Å². The molecule has 0 bridgehead atoms. The summed E-state index contributed by atoms with van der Waals surface area (Å²) in [7, 11) is 0. The average Bonchev–Trinajstić information content (AvgIpc) is 2.83. The summed E-state index contributed by atoms with van der Waals surface area (Å²) in [5, 5.41) is 7.46. The fourth-order valence-corrected chi connectivity index (χ4v) is 2.66. The molecular weight excluding hydrogens is 415 g/mol. The second-order valence-corrected chi connectivity index (χ2v) is 6.38. The van der Waals surface area contributed by atoms with Gasteiger partial charge in [0, 0.05) is 16.1 Å². The van der Waals surface area contributed by atoms with Crippen LogP contribution in [0.5, 0.6) is 0 Å². The molecule has 0 aliphatic carbocycles. The van der Waals surface area contributed by atoms with Gasteiger partial charge in [-0.25, -0.2) is 9.50 Å². The molecule has 7 heteroatoms. The van der Waals surface area contributed by atoms with Gasteiger partial charge < -0.3 is 5.32 Å². The van der Waals surface area contributed by atoms with Gasteiger partial charge >= 0.3 is 0 Å². The topological polar surface area (TPSA) is 59.3 Å². The molecule has 2 aromatic heterocycles. The molecule has 5 nitrogen and oxygen atoms in total. The molecule has 1 aromatic carbocycles. The van der Waals surface area contributed by atoms with Crippen LogP contribution >= 0.6 is 34.2 Å². The molecule has 0 saturated heterocycles. The number of halogens is 2. The first-order valence-electron chi connectivity index (χ1n) is 6.59. The summed E-state index contributed by atoms with van der Waals surface area (Å²) in [5.41, 5.74) is 3.26. The highest BCUT2D eigenvalue weighted by Crippen LogP contribution is 2.25. The lowest BCUT2D eigenvalue weighted by Gasteiger charge is -2.05. The molecule has 0 aliphatic heterocycles. The molecule has 0 saturated carbocycles. The Hall–Kier alpha value is -1.67. The summed E-state index contributed by atoms with van der Waals surface area (Å²) in [5.74, 6) is -0.106. The van der Waals surface area contributed by atoms with E-state index in [-0.39, 0.29) is 5.91 Å². The maximum atomic E-state index is 11.2. The van der Waals surface area contributed by atoms with Crippen LogP contribution in [0.3, 0.4) is 0 Å². The van der Waals surface area contributed by atoms with E-state index in [2.05, 4.69) is 38.0 Å². The van der Waals surface area contributed by atoms with Crippen molar-refractivity contribution >= 4 is 45.7 Å². The summed E-state index contributed by atoms with van der Waals surface area (Å²) >= 11 is 8.24. The summed E-state index contributed by atoms with van der Waals surface area (Å²) < 4.78 is 2.82. The number of hydrogen-bond acceptors (Lipinski definition) is 3. The predicted octanol–water partition coefficient (Wildman–Crippen LogP) is 3.29. The third-order valence-corrected chi connectivity index (χ3v) is 4.08. The zero-order valence-electron chi connectivity index (χ0n) is 11.7. The first-order chi connectivity index (χ1) is 10.5. The highest BCUT2D eigenvalue weighted by Gasteiger charge is 2.15. The van der Waals surface area contributed by atoms with E-state index >= 15 is 0 Å². The van der Waals surface area contributed by atoms with Crippen LogP contribution in [0.15, 0.2) is 36.4 Å². The van der Waals surface area contributed by atoms with Gasteiger partial charge in [-0.2, -0.15) is 5.10 Å². The van der Waals surface area contributed by atoms with Gasteiger partial charge in [-0.1, -0.05) is 23.7 Å². The van der Waals surface area contributed by atoms with Crippen LogP contribution in [0.4, 0.5) is 0 Å². The molecule has 3 rings (SSSR count). The van der Waals surface area contributed by atoms with E-state index in [1.807, 2.05) is 30.3 Å². The number of imidazole rings is 1. The van der Waals surface area contributed by atoms with Crippen molar-refractivity contribution in [2.45, 2.75) is 13.5 Å². The van der Waals surface area contributed by atoms with E-state index in [1.54, 1.807) is 10.6 Å². The number of amides is 1. The number of aromatic nitrogens is 3. The molecule has 0 spiro atoms. The number of carbonyl (C=O) groups is 1. The summed E-state index contributed by atoms with van der Waals surface area (Å²) in [6, 6.07) is 11.5. The Morgan fingerprint density at radius 1 is 1.27 bits per heavy atom. The van der Waals surface area contributed by atoms with Gasteiger partial charge in [0.1, 0.15) is 5.15 Å². The quantitative estimate of drug-likeness (QED) is 0.654. The lowest BCUT2D eigenvalue weighted by Crippen LogP contribution is -2.20.